The van der Waals surface area contributed by atoms with Crippen LogP contribution in [0.1, 0.15) is 77.6 Å². The molecule has 2 nitrogen and oxygen atoms in total. The van der Waals surface area contributed by atoms with Crippen molar-refractivity contribution in [2.24, 2.45) is 5.92 Å². The monoisotopic (exact) mass is 228 g/mol. The van der Waals surface area contributed by atoms with Gasteiger partial charge in [0.05, 0.1) is 0 Å². The second kappa shape index (κ2) is 7.29. The minimum atomic E-state index is -1.40. The van der Waals surface area contributed by atoms with E-state index < -0.39 is 5.79 Å². The molecular formula is C14H28O2. The van der Waals surface area contributed by atoms with Crippen molar-refractivity contribution < 1.29 is 10.2 Å². The molecular weight excluding hydrogens is 200 g/mol. The van der Waals surface area contributed by atoms with E-state index in [0.29, 0.717) is 6.42 Å². The molecule has 0 aromatic carbocycles. The van der Waals surface area contributed by atoms with Crippen LogP contribution in [0.2, 0.25) is 0 Å². The highest BCUT2D eigenvalue weighted by molar-refractivity contribution is 4.77. The fourth-order valence-corrected chi connectivity index (χ4v) is 2.76. The van der Waals surface area contributed by atoms with Crippen LogP contribution >= 0.6 is 0 Å². The molecule has 1 aliphatic carbocycles. The van der Waals surface area contributed by atoms with Gasteiger partial charge in [-0.2, -0.15) is 0 Å². The third-order valence-corrected chi connectivity index (χ3v) is 3.91. The third-order valence-electron chi connectivity index (χ3n) is 3.91. The molecule has 0 unspecified atom stereocenters. The summed E-state index contributed by atoms with van der Waals surface area (Å²) in [7, 11) is 0. The van der Waals surface area contributed by atoms with Crippen molar-refractivity contribution in [3.63, 3.8) is 0 Å². The van der Waals surface area contributed by atoms with Crippen LogP contribution in [0, 0.1) is 5.92 Å². The van der Waals surface area contributed by atoms with Crippen LogP contribution in [0.3, 0.4) is 0 Å². The average Bonchev–Trinajstić information content (AvgIpc) is 2.16. The third kappa shape index (κ3) is 4.84. The SMILES string of the molecule is CCCCCC(O)(O)C1CCCCCCC1. The number of rotatable bonds is 5. The fraction of sp³-hybridized carbons (Fsp3) is 1.00. The number of aliphatic hydroxyl groups is 2. The van der Waals surface area contributed by atoms with Gasteiger partial charge in [-0.3, -0.25) is 0 Å². The summed E-state index contributed by atoms with van der Waals surface area (Å²) in [5.41, 5.74) is 0. The second-order valence-electron chi connectivity index (χ2n) is 5.38. The molecule has 0 heterocycles. The summed E-state index contributed by atoms with van der Waals surface area (Å²) in [5, 5.41) is 20.3. The Morgan fingerprint density at radius 1 is 0.938 bits per heavy atom. The van der Waals surface area contributed by atoms with Gasteiger partial charge in [-0.1, -0.05) is 51.9 Å². The number of unbranched alkanes of at least 4 members (excludes halogenated alkanes) is 2. The van der Waals surface area contributed by atoms with E-state index in [1.165, 1.54) is 32.1 Å². The van der Waals surface area contributed by atoms with Crippen molar-refractivity contribution in [1.29, 1.82) is 0 Å². The van der Waals surface area contributed by atoms with Gasteiger partial charge in [-0.05, 0) is 19.3 Å². The predicted octanol–water partition coefficient (Wildman–Crippen LogP) is 3.61. The van der Waals surface area contributed by atoms with Crippen molar-refractivity contribution in [1.82, 2.24) is 0 Å². The van der Waals surface area contributed by atoms with Crippen LogP contribution in [-0.4, -0.2) is 16.0 Å². The minimum Gasteiger partial charge on any atom is -0.365 e. The van der Waals surface area contributed by atoms with E-state index in [1.54, 1.807) is 0 Å². The summed E-state index contributed by atoms with van der Waals surface area (Å²) < 4.78 is 0. The fourth-order valence-electron chi connectivity index (χ4n) is 2.76. The zero-order chi connectivity index (χ0) is 11.9. The molecule has 0 bridgehead atoms. The molecule has 1 saturated carbocycles. The van der Waals surface area contributed by atoms with E-state index >= 15 is 0 Å². The summed E-state index contributed by atoms with van der Waals surface area (Å²) in [6.07, 6.45) is 11.9. The van der Waals surface area contributed by atoms with Gasteiger partial charge in [0.2, 0.25) is 0 Å². The molecule has 0 aliphatic heterocycles. The lowest BCUT2D eigenvalue weighted by molar-refractivity contribution is -0.209. The summed E-state index contributed by atoms with van der Waals surface area (Å²) >= 11 is 0. The first-order chi connectivity index (χ1) is 7.67. The van der Waals surface area contributed by atoms with E-state index in [-0.39, 0.29) is 5.92 Å². The van der Waals surface area contributed by atoms with Crippen LogP contribution in [0.25, 0.3) is 0 Å². The first-order valence-corrected chi connectivity index (χ1v) is 7.11. The summed E-state index contributed by atoms with van der Waals surface area (Å²) in [6.45, 7) is 2.15. The van der Waals surface area contributed by atoms with Gasteiger partial charge in [-0.15, -0.1) is 0 Å². The van der Waals surface area contributed by atoms with E-state index in [4.69, 9.17) is 0 Å². The zero-order valence-corrected chi connectivity index (χ0v) is 10.7. The highest BCUT2D eigenvalue weighted by atomic mass is 16.5. The van der Waals surface area contributed by atoms with Crippen molar-refractivity contribution in [3.05, 3.63) is 0 Å². The molecule has 0 aromatic heterocycles. The summed E-state index contributed by atoms with van der Waals surface area (Å²) in [4.78, 5) is 0. The lowest BCUT2D eigenvalue weighted by Gasteiger charge is -2.32. The lowest BCUT2D eigenvalue weighted by atomic mass is 9.83. The van der Waals surface area contributed by atoms with Crippen molar-refractivity contribution in [2.45, 2.75) is 83.3 Å². The highest BCUT2D eigenvalue weighted by Crippen LogP contribution is 2.32. The maximum absolute atomic E-state index is 10.1. The molecule has 0 atom stereocenters. The van der Waals surface area contributed by atoms with Gasteiger partial charge in [-0.25, -0.2) is 0 Å². The molecule has 1 fully saturated rings. The lowest BCUT2D eigenvalue weighted by Crippen LogP contribution is -2.38. The minimum absolute atomic E-state index is 0.115. The van der Waals surface area contributed by atoms with Crippen molar-refractivity contribution in [3.8, 4) is 0 Å². The highest BCUT2D eigenvalue weighted by Gasteiger charge is 2.33. The first-order valence-electron chi connectivity index (χ1n) is 7.11. The maximum Gasteiger partial charge on any atom is 0.165 e. The molecule has 0 aromatic rings. The van der Waals surface area contributed by atoms with Crippen LogP contribution in [0.5, 0.6) is 0 Å². The van der Waals surface area contributed by atoms with Crippen molar-refractivity contribution in [2.75, 3.05) is 0 Å². The Morgan fingerprint density at radius 2 is 1.50 bits per heavy atom. The molecule has 2 heteroatoms. The topological polar surface area (TPSA) is 40.5 Å². The Hall–Kier alpha value is -0.0800. The normalized spacial score (nSPS) is 20.4. The Kier molecular flexibility index (Phi) is 6.37. The van der Waals surface area contributed by atoms with E-state index in [9.17, 15) is 10.2 Å². The largest absolute Gasteiger partial charge is 0.365 e. The molecule has 0 radical (unpaired) electrons. The average molecular weight is 228 g/mol. The van der Waals surface area contributed by atoms with Gasteiger partial charge in [0.25, 0.3) is 0 Å². The van der Waals surface area contributed by atoms with E-state index in [0.717, 1.165) is 32.1 Å². The Morgan fingerprint density at radius 3 is 2.06 bits per heavy atom. The molecule has 0 saturated heterocycles. The zero-order valence-electron chi connectivity index (χ0n) is 10.7. The van der Waals surface area contributed by atoms with Crippen LogP contribution in [-0.2, 0) is 0 Å². The summed E-state index contributed by atoms with van der Waals surface area (Å²) in [5.74, 6) is -1.28. The smallest absolute Gasteiger partial charge is 0.165 e. The molecule has 1 rings (SSSR count). The number of hydrogen-bond acceptors (Lipinski definition) is 2. The second-order valence-corrected chi connectivity index (χ2v) is 5.38. The van der Waals surface area contributed by atoms with Crippen LogP contribution in [0.15, 0.2) is 0 Å². The molecule has 2 N–H and O–H groups in total. The van der Waals surface area contributed by atoms with Crippen molar-refractivity contribution >= 4 is 0 Å². The van der Waals surface area contributed by atoms with Crippen LogP contribution < -0.4 is 0 Å². The maximum atomic E-state index is 10.1. The Labute approximate surface area is 100 Å². The van der Waals surface area contributed by atoms with Gasteiger partial charge in [0, 0.05) is 12.3 Å². The Balaban J connectivity index is 2.37. The molecule has 0 amide bonds. The van der Waals surface area contributed by atoms with Gasteiger partial charge < -0.3 is 10.2 Å². The van der Waals surface area contributed by atoms with Gasteiger partial charge >= 0.3 is 0 Å². The van der Waals surface area contributed by atoms with E-state index in [1.807, 2.05) is 0 Å². The molecule has 0 spiro atoms. The van der Waals surface area contributed by atoms with E-state index in [2.05, 4.69) is 6.92 Å². The molecule has 16 heavy (non-hydrogen) atoms. The summed E-state index contributed by atoms with van der Waals surface area (Å²) in [6, 6.07) is 0. The van der Waals surface area contributed by atoms with Gasteiger partial charge in [0.1, 0.15) is 0 Å². The van der Waals surface area contributed by atoms with Gasteiger partial charge in [0.15, 0.2) is 5.79 Å². The standard InChI is InChI=1S/C14H28O2/c1-2-3-9-12-14(15,16)13-10-7-5-4-6-8-11-13/h13,15-16H,2-12H2,1H3. The van der Waals surface area contributed by atoms with Crippen LogP contribution in [0.4, 0.5) is 0 Å². The molecule has 1 aliphatic rings. The Bertz CT molecular complexity index is 170. The predicted molar refractivity (Wildman–Crippen MR) is 67.1 cm³/mol. The quantitative estimate of drug-likeness (QED) is 0.557. The number of hydrogen-bond donors (Lipinski definition) is 2. The molecule has 96 valence electrons. The first kappa shape index (κ1) is 14.0.